The Balaban J connectivity index is 2.39. The quantitative estimate of drug-likeness (QED) is 0.777. The highest BCUT2D eigenvalue weighted by Crippen LogP contribution is 2.62. The van der Waals surface area contributed by atoms with Gasteiger partial charge in [-0.25, -0.2) is 0 Å². The van der Waals surface area contributed by atoms with Crippen molar-refractivity contribution in [3.05, 3.63) is 28.2 Å². The number of carboxylic acid groups (broad SMARTS) is 1. The highest BCUT2D eigenvalue weighted by Gasteiger charge is 2.44. The number of benzene rings is 1. The molecule has 106 valence electrons. The fraction of sp³-hybridized carbons (Fsp3) is 0.417. The van der Waals surface area contributed by atoms with Crippen LogP contribution in [0.3, 0.4) is 0 Å². The van der Waals surface area contributed by atoms with Gasteiger partial charge in [-0.05, 0) is 37.6 Å². The molecule has 0 radical (unpaired) electrons. The number of carbonyl (C=O) groups is 1. The molecule has 0 saturated heterocycles. The van der Waals surface area contributed by atoms with E-state index in [0.717, 1.165) is 10.0 Å². The average Bonchev–Trinajstić information content (AvgIpc) is 2.48. The third-order valence-corrected chi connectivity index (χ3v) is 5.92. The van der Waals surface area contributed by atoms with Gasteiger partial charge in [-0.2, -0.15) is 4.31 Å². The fourth-order valence-electron chi connectivity index (χ4n) is 2.32. The minimum atomic E-state index is -3.12. The number of hydrogen-bond acceptors (Lipinski definition) is 4. The van der Waals surface area contributed by atoms with Crippen molar-refractivity contribution in [3.63, 3.8) is 0 Å². The molecule has 0 spiro atoms. The lowest BCUT2D eigenvalue weighted by Crippen LogP contribution is -2.43. The van der Waals surface area contributed by atoms with E-state index in [9.17, 15) is 13.9 Å². The fourth-order valence-corrected chi connectivity index (χ4v) is 4.76. The molecule has 5 nitrogen and oxygen atoms in total. The van der Waals surface area contributed by atoms with Crippen LogP contribution < -0.4 is 0 Å². The van der Waals surface area contributed by atoms with Crippen LogP contribution in [0.5, 0.6) is 0 Å². The lowest BCUT2D eigenvalue weighted by molar-refractivity contribution is -0.139. The van der Waals surface area contributed by atoms with E-state index in [1.165, 1.54) is 4.31 Å². The smallest absolute Gasteiger partial charge is 0.305 e. The van der Waals surface area contributed by atoms with Gasteiger partial charge in [0.05, 0.1) is 11.3 Å². The van der Waals surface area contributed by atoms with E-state index >= 15 is 0 Å². The molecule has 0 atom stereocenters. The van der Waals surface area contributed by atoms with E-state index in [-0.39, 0.29) is 6.42 Å². The zero-order chi connectivity index (χ0) is 14.4. The van der Waals surface area contributed by atoms with Crippen molar-refractivity contribution in [2.75, 3.05) is 0 Å². The number of fused-ring (bicyclic) bond motifs is 1. The van der Waals surface area contributed by atoms with Crippen LogP contribution in [-0.2, 0) is 11.3 Å². The molecule has 0 aromatic heterocycles. The molecular weight excluding hydrogens is 334 g/mol. The molecule has 0 saturated carbocycles. The van der Waals surface area contributed by atoms with Crippen molar-refractivity contribution in [2.24, 2.45) is 0 Å². The third kappa shape index (κ3) is 2.66. The molecular formula is C12H16BrNO4S. The summed E-state index contributed by atoms with van der Waals surface area (Å²) in [6.07, 6.45) is -0.155. The van der Waals surface area contributed by atoms with Crippen LogP contribution in [0.4, 0.5) is 0 Å². The number of hydrogen-bond donors (Lipinski definition) is 3. The lowest BCUT2D eigenvalue weighted by Gasteiger charge is -2.46. The Bertz CT molecular complexity index is 532. The Hall–Kier alpha value is -0.600. The van der Waals surface area contributed by atoms with Crippen LogP contribution in [0.25, 0.3) is 0 Å². The van der Waals surface area contributed by atoms with Gasteiger partial charge in [-0.15, -0.1) is 10.8 Å². The largest absolute Gasteiger partial charge is 0.481 e. The standard InChI is InChI=1S/C12H16BrNO4S/c1-12(2,6-11(15)16)14-7-8-5-9(13)3-4-10(8)19(14,17)18/h3-5,17-18H,6-7H2,1-2H3,(H,15,16). The van der Waals surface area contributed by atoms with Crippen molar-refractivity contribution < 1.29 is 19.0 Å². The molecule has 1 heterocycles. The molecule has 1 aromatic rings. The Morgan fingerprint density at radius 2 is 2.11 bits per heavy atom. The van der Waals surface area contributed by atoms with Crippen LogP contribution in [0.2, 0.25) is 0 Å². The number of halogens is 1. The third-order valence-electron chi connectivity index (χ3n) is 3.20. The Morgan fingerprint density at radius 1 is 1.47 bits per heavy atom. The molecule has 19 heavy (non-hydrogen) atoms. The summed E-state index contributed by atoms with van der Waals surface area (Å²) in [6.45, 7) is 3.74. The topological polar surface area (TPSA) is 81.0 Å². The van der Waals surface area contributed by atoms with Crippen molar-refractivity contribution >= 4 is 32.7 Å². The van der Waals surface area contributed by atoms with Gasteiger partial charge in [0.15, 0.2) is 0 Å². The summed E-state index contributed by atoms with van der Waals surface area (Å²) < 4.78 is 23.1. The molecule has 3 N–H and O–H groups in total. The number of rotatable bonds is 3. The van der Waals surface area contributed by atoms with E-state index < -0.39 is 22.3 Å². The average molecular weight is 350 g/mol. The van der Waals surface area contributed by atoms with Gasteiger partial charge in [-0.3, -0.25) is 13.9 Å². The predicted molar refractivity (Wildman–Crippen MR) is 77.1 cm³/mol. The minimum Gasteiger partial charge on any atom is -0.481 e. The first kappa shape index (κ1) is 14.8. The Kier molecular flexibility index (Phi) is 3.70. The van der Waals surface area contributed by atoms with Crippen LogP contribution >= 0.6 is 26.7 Å². The monoisotopic (exact) mass is 349 g/mol. The van der Waals surface area contributed by atoms with Crippen molar-refractivity contribution in [2.45, 2.75) is 37.2 Å². The van der Waals surface area contributed by atoms with E-state index in [1.807, 2.05) is 6.07 Å². The van der Waals surface area contributed by atoms with E-state index in [2.05, 4.69) is 15.9 Å². The van der Waals surface area contributed by atoms with Gasteiger partial charge < -0.3 is 5.11 Å². The van der Waals surface area contributed by atoms with Crippen LogP contribution in [0.1, 0.15) is 25.8 Å². The van der Waals surface area contributed by atoms with Crippen molar-refractivity contribution in [1.82, 2.24) is 4.31 Å². The summed E-state index contributed by atoms with van der Waals surface area (Å²) in [4.78, 5) is 11.4. The molecule has 0 bridgehead atoms. The first-order valence-electron chi connectivity index (χ1n) is 5.71. The zero-order valence-electron chi connectivity index (χ0n) is 10.6. The summed E-state index contributed by atoms with van der Waals surface area (Å²) in [5, 5.41) is 8.95. The van der Waals surface area contributed by atoms with Crippen LogP contribution in [0, 0.1) is 0 Å². The molecule has 7 heteroatoms. The Morgan fingerprint density at radius 3 is 2.68 bits per heavy atom. The first-order valence-corrected chi connectivity index (χ1v) is 8.00. The van der Waals surface area contributed by atoms with Crippen molar-refractivity contribution in [1.29, 1.82) is 0 Å². The molecule has 2 rings (SSSR count). The highest BCUT2D eigenvalue weighted by atomic mass is 79.9. The van der Waals surface area contributed by atoms with Gasteiger partial charge in [0.25, 0.3) is 0 Å². The molecule has 0 fully saturated rings. The van der Waals surface area contributed by atoms with Crippen LogP contribution in [0.15, 0.2) is 27.6 Å². The van der Waals surface area contributed by atoms with E-state index in [1.54, 1.807) is 26.0 Å². The second-order valence-electron chi connectivity index (χ2n) is 5.19. The second kappa shape index (κ2) is 4.75. The summed E-state index contributed by atoms with van der Waals surface area (Å²) in [5.74, 6) is -0.961. The minimum absolute atomic E-state index is 0.155. The Labute approximate surface area is 121 Å². The summed E-state index contributed by atoms with van der Waals surface area (Å²) in [6, 6.07) is 5.26. The number of aliphatic carboxylic acids is 1. The lowest BCUT2D eigenvalue weighted by atomic mass is 10.0. The maximum absolute atomic E-state index is 10.9. The van der Waals surface area contributed by atoms with Gasteiger partial charge in [-0.1, -0.05) is 15.9 Å². The van der Waals surface area contributed by atoms with Gasteiger partial charge >= 0.3 is 5.97 Å². The number of nitrogens with zero attached hydrogens (tertiary/aromatic N) is 1. The first-order chi connectivity index (χ1) is 8.64. The van der Waals surface area contributed by atoms with E-state index in [4.69, 9.17) is 5.11 Å². The van der Waals surface area contributed by atoms with Gasteiger partial charge in [0.2, 0.25) is 0 Å². The zero-order valence-corrected chi connectivity index (χ0v) is 13.0. The maximum atomic E-state index is 10.9. The molecule has 1 aromatic carbocycles. The second-order valence-corrected chi connectivity index (χ2v) is 8.02. The maximum Gasteiger partial charge on any atom is 0.305 e. The van der Waals surface area contributed by atoms with E-state index in [0.29, 0.717) is 11.4 Å². The normalized spacial score (nSPS) is 20.1. The SMILES string of the molecule is CC(C)(CC(=O)O)N1Cc2cc(Br)ccc2S1(O)O. The summed E-state index contributed by atoms with van der Waals surface area (Å²) in [7, 11) is -3.12. The van der Waals surface area contributed by atoms with Crippen LogP contribution in [-0.4, -0.2) is 30.0 Å². The van der Waals surface area contributed by atoms with Gasteiger partial charge in [0.1, 0.15) is 0 Å². The summed E-state index contributed by atoms with van der Waals surface area (Å²) >= 11 is 3.35. The molecule has 0 aliphatic carbocycles. The highest BCUT2D eigenvalue weighted by molar-refractivity contribution is 9.10. The molecule has 0 unspecified atom stereocenters. The molecule has 1 aliphatic heterocycles. The van der Waals surface area contributed by atoms with Gasteiger partial charge in [0, 0.05) is 16.6 Å². The van der Waals surface area contributed by atoms with Crippen molar-refractivity contribution in [3.8, 4) is 0 Å². The molecule has 1 aliphatic rings. The molecule has 0 amide bonds. The number of carboxylic acids is 1. The summed E-state index contributed by atoms with van der Waals surface area (Å²) in [5.41, 5.74) is -0.0243. The predicted octanol–water partition coefficient (Wildman–Crippen LogP) is 3.54.